The monoisotopic (exact) mass is 191 g/mol. The van der Waals surface area contributed by atoms with Crippen molar-refractivity contribution in [1.29, 1.82) is 0 Å². The second-order valence-corrected chi connectivity index (χ2v) is 2.34. The lowest BCUT2D eigenvalue weighted by Crippen LogP contribution is -1.95. The Morgan fingerprint density at radius 2 is 2.08 bits per heavy atom. The fourth-order valence-electron chi connectivity index (χ4n) is 0.768. The zero-order chi connectivity index (χ0) is 9.14. The van der Waals surface area contributed by atoms with E-state index < -0.39 is 5.95 Å². The second kappa shape index (κ2) is 3.58. The first kappa shape index (κ1) is 9.06. The second-order valence-electron chi connectivity index (χ2n) is 1.96. The summed E-state index contributed by atoms with van der Waals surface area (Å²) in [5.74, 6) is -0.301. The normalized spacial score (nSPS) is 9.67. The smallest absolute Gasteiger partial charge is 0.235 e. The highest BCUT2D eigenvalue weighted by Crippen LogP contribution is 2.34. The molecule has 0 saturated heterocycles. The van der Waals surface area contributed by atoms with E-state index in [0.717, 1.165) is 0 Å². The summed E-state index contributed by atoms with van der Waals surface area (Å²) in [6, 6.07) is 0. The van der Waals surface area contributed by atoms with Crippen molar-refractivity contribution in [2.45, 2.75) is 0 Å². The third-order valence-corrected chi connectivity index (χ3v) is 1.65. The maximum atomic E-state index is 12.7. The first-order valence-corrected chi connectivity index (χ1v) is 3.50. The van der Waals surface area contributed by atoms with Crippen molar-refractivity contribution in [3.63, 3.8) is 0 Å². The van der Waals surface area contributed by atoms with Crippen LogP contribution in [0.2, 0.25) is 5.02 Å². The van der Waals surface area contributed by atoms with E-state index >= 15 is 0 Å². The van der Waals surface area contributed by atoms with Crippen LogP contribution < -0.4 is 9.47 Å². The summed E-state index contributed by atoms with van der Waals surface area (Å²) in [6.07, 6.45) is 1.21. The molecule has 12 heavy (non-hydrogen) atoms. The maximum Gasteiger partial charge on any atom is 0.235 e. The molecule has 0 atom stereocenters. The minimum absolute atomic E-state index is 0.159. The zero-order valence-electron chi connectivity index (χ0n) is 6.60. The molecule has 5 heteroatoms. The van der Waals surface area contributed by atoms with Crippen LogP contribution in [0.1, 0.15) is 0 Å². The summed E-state index contributed by atoms with van der Waals surface area (Å²) in [4.78, 5) is 3.35. The lowest BCUT2D eigenvalue weighted by atomic mass is 10.4. The molecule has 1 rings (SSSR count). The molecule has 0 aliphatic carbocycles. The third kappa shape index (κ3) is 1.43. The van der Waals surface area contributed by atoms with Crippen LogP contribution in [0.5, 0.6) is 11.5 Å². The molecule has 0 aliphatic heterocycles. The topological polar surface area (TPSA) is 31.4 Å². The molecule has 66 valence electrons. The summed E-state index contributed by atoms with van der Waals surface area (Å²) >= 11 is 5.53. The highest BCUT2D eigenvalue weighted by atomic mass is 35.5. The molecule has 0 radical (unpaired) electrons. The van der Waals surface area contributed by atoms with Crippen LogP contribution in [-0.4, -0.2) is 19.2 Å². The van der Waals surface area contributed by atoms with Crippen molar-refractivity contribution in [3.05, 3.63) is 17.2 Å². The molecule has 0 amide bonds. The molecule has 0 aliphatic rings. The number of pyridine rings is 1. The quantitative estimate of drug-likeness (QED) is 0.669. The van der Waals surface area contributed by atoms with Crippen molar-refractivity contribution >= 4 is 11.6 Å². The summed E-state index contributed by atoms with van der Waals surface area (Å²) in [5, 5.41) is -0.170. The summed E-state index contributed by atoms with van der Waals surface area (Å²) < 4.78 is 22.3. The van der Waals surface area contributed by atoms with Gasteiger partial charge >= 0.3 is 0 Å². The van der Waals surface area contributed by atoms with Gasteiger partial charge in [-0.2, -0.15) is 4.39 Å². The standard InChI is InChI=1S/C7H7ClFNO2/c1-11-4-3-10-7(9)5(8)6(4)12-2/h3H,1-2H3. The number of methoxy groups -OCH3 is 2. The highest BCUT2D eigenvalue weighted by molar-refractivity contribution is 6.32. The average Bonchev–Trinajstić information content (AvgIpc) is 2.09. The minimum atomic E-state index is -0.769. The Kier molecular flexibility index (Phi) is 2.70. The molecule has 0 fully saturated rings. The Balaban J connectivity index is 3.25. The van der Waals surface area contributed by atoms with Crippen LogP contribution in [0.4, 0.5) is 4.39 Å². The van der Waals surface area contributed by atoms with Crippen molar-refractivity contribution in [2.24, 2.45) is 0 Å². The van der Waals surface area contributed by atoms with E-state index in [9.17, 15) is 4.39 Å². The van der Waals surface area contributed by atoms with Crippen molar-refractivity contribution < 1.29 is 13.9 Å². The molecule has 0 bridgehead atoms. The zero-order valence-corrected chi connectivity index (χ0v) is 7.35. The van der Waals surface area contributed by atoms with Crippen molar-refractivity contribution in [2.75, 3.05) is 14.2 Å². The highest BCUT2D eigenvalue weighted by Gasteiger charge is 2.13. The Morgan fingerprint density at radius 1 is 1.42 bits per heavy atom. The van der Waals surface area contributed by atoms with E-state index in [1.807, 2.05) is 0 Å². The summed E-state index contributed by atoms with van der Waals surface area (Å²) in [7, 11) is 2.80. The van der Waals surface area contributed by atoms with Gasteiger partial charge < -0.3 is 9.47 Å². The molecule has 1 heterocycles. The molecular formula is C7H7ClFNO2. The number of nitrogens with zero attached hydrogens (tertiary/aromatic N) is 1. The van der Waals surface area contributed by atoms with Gasteiger partial charge in [0.2, 0.25) is 5.95 Å². The van der Waals surface area contributed by atoms with Crippen LogP contribution in [0.15, 0.2) is 6.20 Å². The van der Waals surface area contributed by atoms with Gasteiger partial charge in [0.05, 0.1) is 20.4 Å². The van der Waals surface area contributed by atoms with E-state index in [2.05, 4.69) is 4.98 Å². The van der Waals surface area contributed by atoms with Gasteiger partial charge in [0, 0.05) is 0 Å². The molecule has 1 aromatic rings. The largest absolute Gasteiger partial charge is 0.491 e. The predicted molar refractivity (Wildman–Crippen MR) is 42.3 cm³/mol. The summed E-state index contributed by atoms with van der Waals surface area (Å²) in [5.41, 5.74) is 0. The van der Waals surface area contributed by atoms with E-state index in [0.29, 0.717) is 5.75 Å². The Hall–Kier alpha value is -1.03. The van der Waals surface area contributed by atoms with Gasteiger partial charge in [0.15, 0.2) is 11.5 Å². The van der Waals surface area contributed by atoms with Gasteiger partial charge in [0.25, 0.3) is 0 Å². The van der Waals surface area contributed by atoms with E-state index in [-0.39, 0.29) is 10.8 Å². The number of aromatic nitrogens is 1. The number of ether oxygens (including phenoxy) is 2. The van der Waals surface area contributed by atoms with Crippen LogP contribution in [0.3, 0.4) is 0 Å². The van der Waals surface area contributed by atoms with E-state index in [1.165, 1.54) is 20.4 Å². The lowest BCUT2D eigenvalue weighted by molar-refractivity contribution is 0.349. The average molecular weight is 192 g/mol. The molecule has 0 aromatic carbocycles. The predicted octanol–water partition coefficient (Wildman–Crippen LogP) is 1.89. The van der Waals surface area contributed by atoms with Crippen molar-refractivity contribution in [3.8, 4) is 11.5 Å². The first-order chi connectivity index (χ1) is 5.70. The van der Waals surface area contributed by atoms with E-state index in [4.69, 9.17) is 21.1 Å². The van der Waals surface area contributed by atoms with Gasteiger partial charge in [-0.15, -0.1) is 0 Å². The fraction of sp³-hybridized carbons (Fsp3) is 0.286. The molecule has 0 spiro atoms. The summed E-state index contributed by atoms with van der Waals surface area (Å²) in [6.45, 7) is 0. The number of halogens is 2. The molecule has 1 aromatic heterocycles. The maximum absolute atomic E-state index is 12.7. The van der Waals surface area contributed by atoms with Gasteiger partial charge in [0.1, 0.15) is 5.02 Å². The first-order valence-electron chi connectivity index (χ1n) is 3.12. The Labute approximate surface area is 74.1 Å². The fourth-order valence-corrected chi connectivity index (χ4v) is 0.987. The molecule has 3 nitrogen and oxygen atoms in total. The molecule has 0 saturated carbocycles. The van der Waals surface area contributed by atoms with E-state index in [1.54, 1.807) is 0 Å². The van der Waals surface area contributed by atoms with Gasteiger partial charge in [-0.25, -0.2) is 4.98 Å². The molecule has 0 N–H and O–H groups in total. The number of rotatable bonds is 2. The van der Waals surface area contributed by atoms with Gasteiger partial charge in [-0.1, -0.05) is 11.6 Å². The van der Waals surface area contributed by atoms with Crippen LogP contribution in [0, 0.1) is 5.95 Å². The van der Waals surface area contributed by atoms with Gasteiger partial charge in [-0.05, 0) is 0 Å². The molecular weight excluding hydrogens is 185 g/mol. The minimum Gasteiger partial charge on any atom is -0.491 e. The van der Waals surface area contributed by atoms with Crippen LogP contribution >= 0.6 is 11.6 Å². The Morgan fingerprint density at radius 3 is 2.58 bits per heavy atom. The van der Waals surface area contributed by atoms with Gasteiger partial charge in [-0.3, -0.25) is 0 Å². The SMILES string of the molecule is COc1cnc(F)c(Cl)c1OC. The Bertz CT molecular complexity index is 293. The van der Waals surface area contributed by atoms with Crippen molar-refractivity contribution in [1.82, 2.24) is 4.98 Å². The molecule has 0 unspecified atom stereocenters. The number of hydrogen-bond acceptors (Lipinski definition) is 3. The van der Waals surface area contributed by atoms with Crippen LogP contribution in [-0.2, 0) is 0 Å². The number of hydrogen-bond donors (Lipinski definition) is 0. The van der Waals surface area contributed by atoms with Crippen LogP contribution in [0.25, 0.3) is 0 Å². The lowest BCUT2D eigenvalue weighted by Gasteiger charge is -2.07. The third-order valence-electron chi connectivity index (χ3n) is 1.32.